The highest BCUT2D eigenvalue weighted by molar-refractivity contribution is 5.82. The van der Waals surface area contributed by atoms with Crippen LogP contribution in [0.4, 0.5) is 0 Å². The maximum Gasteiger partial charge on any atom is -0.0109 e. The fourth-order valence-electron chi connectivity index (χ4n) is 5.97. The summed E-state index contributed by atoms with van der Waals surface area (Å²) < 4.78 is 0. The van der Waals surface area contributed by atoms with Crippen LogP contribution in [0.3, 0.4) is 0 Å². The van der Waals surface area contributed by atoms with E-state index in [2.05, 4.69) is 173 Å². The van der Waals surface area contributed by atoms with Crippen molar-refractivity contribution in [2.24, 2.45) is 0 Å². The Balaban J connectivity index is 2.53. The van der Waals surface area contributed by atoms with E-state index in [0.717, 1.165) is 0 Å². The van der Waals surface area contributed by atoms with Crippen LogP contribution >= 0.6 is 0 Å². The van der Waals surface area contributed by atoms with Gasteiger partial charge in [0.25, 0.3) is 0 Å². The van der Waals surface area contributed by atoms with Crippen LogP contribution in [-0.2, 0) is 32.5 Å². The lowest BCUT2D eigenvalue weighted by atomic mass is 9.69. The summed E-state index contributed by atoms with van der Waals surface area (Å²) >= 11 is 0. The second-order valence-corrected chi connectivity index (χ2v) is 19.0. The van der Waals surface area contributed by atoms with Gasteiger partial charge in [0.05, 0.1) is 0 Å². The summed E-state index contributed by atoms with van der Waals surface area (Å²) in [6.45, 7) is 42.5. The highest BCUT2D eigenvalue weighted by Gasteiger charge is 2.32. The first-order valence-corrected chi connectivity index (χ1v) is 16.1. The van der Waals surface area contributed by atoms with Crippen LogP contribution in [0.2, 0.25) is 0 Å². The average Bonchev–Trinajstić information content (AvgIpc) is 2.79. The van der Waals surface area contributed by atoms with E-state index in [1.807, 2.05) is 0 Å². The molecule has 0 radical (unpaired) electrons. The number of hydrogen-bond acceptors (Lipinski definition) is 0. The molecule has 3 aromatic carbocycles. The molecule has 0 aliphatic rings. The van der Waals surface area contributed by atoms with E-state index in [0.29, 0.717) is 0 Å². The van der Waals surface area contributed by atoms with Crippen molar-refractivity contribution in [3.05, 3.63) is 81.9 Å². The SMILES string of the molecule is CC(C)(C)c1cc(C(C)(C)C)c(-c2cccc(-c3c(C(C)(C)C)cc(C(C)(C)C)cc3C(C)(C)C)c2)c(C(C)(C)C)c1. The standard InChI is InChI=1S/C42H62/c1-37(2,3)29-23-31(39(7,8)9)35(32(24-29)40(10,11)12)27-20-19-21-28(22-27)36-33(41(13,14)15)25-30(38(4,5)6)26-34(36)42(16,17)18/h19-26H,1-18H3. The molecule has 230 valence electrons. The molecule has 0 aliphatic carbocycles. The third-order valence-corrected chi connectivity index (χ3v) is 8.68. The van der Waals surface area contributed by atoms with Crippen molar-refractivity contribution >= 4 is 0 Å². The molecule has 0 unspecified atom stereocenters. The van der Waals surface area contributed by atoms with E-state index in [4.69, 9.17) is 0 Å². The van der Waals surface area contributed by atoms with E-state index < -0.39 is 0 Å². The van der Waals surface area contributed by atoms with E-state index in [-0.39, 0.29) is 32.5 Å². The molecule has 0 atom stereocenters. The first-order valence-electron chi connectivity index (χ1n) is 16.1. The van der Waals surface area contributed by atoms with E-state index in [9.17, 15) is 0 Å². The van der Waals surface area contributed by atoms with Crippen molar-refractivity contribution < 1.29 is 0 Å². The monoisotopic (exact) mass is 566 g/mol. The van der Waals surface area contributed by atoms with Crippen molar-refractivity contribution in [3.8, 4) is 22.3 Å². The molecule has 0 aliphatic heterocycles. The zero-order valence-electron chi connectivity index (χ0n) is 30.6. The minimum absolute atomic E-state index is 0.00803. The first-order chi connectivity index (χ1) is 18.6. The molecular formula is C42H62. The van der Waals surface area contributed by atoms with Crippen LogP contribution < -0.4 is 0 Å². The van der Waals surface area contributed by atoms with Gasteiger partial charge in [-0.05, 0) is 94.2 Å². The molecule has 0 nitrogen and oxygen atoms in total. The van der Waals surface area contributed by atoms with Crippen LogP contribution in [0.25, 0.3) is 22.3 Å². The molecule has 0 amide bonds. The van der Waals surface area contributed by atoms with Gasteiger partial charge in [0.1, 0.15) is 0 Å². The Kier molecular flexibility index (Phi) is 8.68. The summed E-state index contributed by atoms with van der Waals surface area (Å²) in [5, 5.41) is 0. The largest absolute Gasteiger partial charge is 0.0610 e. The van der Waals surface area contributed by atoms with Gasteiger partial charge in [-0.2, -0.15) is 0 Å². The molecule has 0 aromatic heterocycles. The van der Waals surface area contributed by atoms with Crippen molar-refractivity contribution in [1.29, 1.82) is 0 Å². The van der Waals surface area contributed by atoms with Crippen LogP contribution in [0.15, 0.2) is 48.5 Å². The third-order valence-electron chi connectivity index (χ3n) is 8.68. The van der Waals surface area contributed by atoms with Gasteiger partial charge in [-0.3, -0.25) is 0 Å². The van der Waals surface area contributed by atoms with E-state index in [1.54, 1.807) is 0 Å². The van der Waals surface area contributed by atoms with E-state index in [1.165, 1.54) is 55.6 Å². The molecule has 0 saturated carbocycles. The highest BCUT2D eigenvalue weighted by atomic mass is 14.4. The Morgan fingerprint density at radius 2 is 0.548 bits per heavy atom. The van der Waals surface area contributed by atoms with Crippen molar-refractivity contribution in [2.45, 2.75) is 157 Å². The summed E-state index contributed by atoms with van der Waals surface area (Å²) in [6.07, 6.45) is 0. The van der Waals surface area contributed by atoms with Crippen LogP contribution in [-0.4, -0.2) is 0 Å². The second kappa shape index (κ2) is 10.7. The number of hydrogen-bond donors (Lipinski definition) is 0. The molecule has 0 fully saturated rings. The van der Waals surface area contributed by atoms with Gasteiger partial charge in [-0.25, -0.2) is 0 Å². The van der Waals surface area contributed by atoms with Gasteiger partial charge in [-0.15, -0.1) is 0 Å². The summed E-state index contributed by atoms with van der Waals surface area (Å²) in [6, 6.07) is 19.5. The van der Waals surface area contributed by atoms with Gasteiger partial charge in [-0.1, -0.05) is 167 Å². The molecule has 0 heteroatoms. The topological polar surface area (TPSA) is 0 Å². The van der Waals surface area contributed by atoms with Crippen molar-refractivity contribution in [2.75, 3.05) is 0 Å². The quantitative estimate of drug-likeness (QED) is 0.289. The fourth-order valence-corrected chi connectivity index (χ4v) is 5.97. The Morgan fingerprint density at radius 1 is 0.310 bits per heavy atom. The fraction of sp³-hybridized carbons (Fsp3) is 0.571. The Bertz CT molecular complexity index is 1250. The predicted octanol–water partition coefficient (Wildman–Crippen LogP) is 12.8. The zero-order valence-corrected chi connectivity index (χ0v) is 30.6. The molecule has 0 saturated heterocycles. The minimum Gasteiger partial charge on any atom is -0.0610 e. The van der Waals surface area contributed by atoms with Gasteiger partial charge in [0, 0.05) is 0 Å². The summed E-state index contributed by atoms with van der Waals surface area (Å²) in [7, 11) is 0. The van der Waals surface area contributed by atoms with Gasteiger partial charge in [0.2, 0.25) is 0 Å². The van der Waals surface area contributed by atoms with Crippen LogP contribution in [0.1, 0.15) is 158 Å². The lowest BCUT2D eigenvalue weighted by Gasteiger charge is -2.35. The van der Waals surface area contributed by atoms with Gasteiger partial charge < -0.3 is 0 Å². The average molecular weight is 567 g/mol. The second-order valence-electron chi connectivity index (χ2n) is 19.0. The summed E-state index contributed by atoms with van der Waals surface area (Å²) in [5.74, 6) is 0. The minimum atomic E-state index is 0.00803. The molecule has 0 spiro atoms. The lowest BCUT2D eigenvalue weighted by molar-refractivity contribution is 0.550. The van der Waals surface area contributed by atoms with Crippen molar-refractivity contribution in [3.63, 3.8) is 0 Å². The third kappa shape index (κ3) is 7.23. The number of benzene rings is 3. The molecular weight excluding hydrogens is 504 g/mol. The molecule has 0 heterocycles. The normalized spacial score (nSPS) is 14.0. The smallest absolute Gasteiger partial charge is 0.0109 e. The van der Waals surface area contributed by atoms with Crippen molar-refractivity contribution in [1.82, 2.24) is 0 Å². The molecule has 3 rings (SSSR count). The molecule has 42 heavy (non-hydrogen) atoms. The zero-order chi connectivity index (χ0) is 32.4. The molecule has 0 N–H and O–H groups in total. The Hall–Kier alpha value is -2.34. The maximum absolute atomic E-state index is 2.50. The highest BCUT2D eigenvalue weighted by Crippen LogP contribution is 2.47. The van der Waals surface area contributed by atoms with E-state index >= 15 is 0 Å². The lowest BCUT2D eigenvalue weighted by Crippen LogP contribution is -2.23. The summed E-state index contributed by atoms with van der Waals surface area (Å²) in [4.78, 5) is 0. The Morgan fingerprint density at radius 3 is 0.738 bits per heavy atom. The van der Waals surface area contributed by atoms with Gasteiger partial charge in [0.15, 0.2) is 0 Å². The van der Waals surface area contributed by atoms with Gasteiger partial charge >= 0.3 is 0 Å². The summed E-state index contributed by atoms with van der Waals surface area (Å²) in [5.41, 5.74) is 14.2. The first kappa shape index (κ1) is 34.2. The molecule has 3 aromatic rings. The molecule has 0 bridgehead atoms. The number of rotatable bonds is 2. The van der Waals surface area contributed by atoms with Crippen LogP contribution in [0, 0.1) is 0 Å². The van der Waals surface area contributed by atoms with Crippen LogP contribution in [0.5, 0.6) is 0 Å². The Labute approximate surface area is 260 Å². The maximum atomic E-state index is 2.50. The predicted molar refractivity (Wildman–Crippen MR) is 190 cm³/mol.